The number of hydrogen-bond donors (Lipinski definition) is 2. The van der Waals surface area contributed by atoms with E-state index >= 15 is 0 Å². The highest BCUT2D eigenvalue weighted by Gasteiger charge is 2.57. The van der Waals surface area contributed by atoms with E-state index in [4.69, 9.17) is 4.74 Å². The zero-order valence-corrected chi connectivity index (χ0v) is 33.1. The van der Waals surface area contributed by atoms with E-state index in [0.717, 1.165) is 75.8 Å². The minimum Gasteiger partial charge on any atom is -0.507 e. The number of rotatable bonds is 10. The number of carbonyl (C=O) groups excluding carboxylic acids is 3. The fourth-order valence-corrected chi connectivity index (χ4v) is 10.6. The summed E-state index contributed by atoms with van der Waals surface area (Å²) in [6.07, 6.45) is 13.5. The van der Waals surface area contributed by atoms with Gasteiger partial charge in [0.1, 0.15) is 5.75 Å². The predicted molar refractivity (Wildman–Crippen MR) is 218 cm³/mol. The summed E-state index contributed by atoms with van der Waals surface area (Å²) >= 11 is 0. The number of para-hydroxylation sites is 1. The van der Waals surface area contributed by atoms with Crippen LogP contribution in [0.25, 0.3) is 11.3 Å². The van der Waals surface area contributed by atoms with Crippen molar-refractivity contribution in [1.82, 2.24) is 25.3 Å². The topological polar surface area (TPSA) is 131 Å². The molecule has 1 atom stereocenters. The maximum absolute atomic E-state index is 14.5. The van der Waals surface area contributed by atoms with Crippen molar-refractivity contribution >= 4 is 29.1 Å². The average Bonchev–Trinajstić information content (AvgIpc) is 3.21. The summed E-state index contributed by atoms with van der Waals surface area (Å²) in [4.78, 5) is 47.8. The molecule has 5 aliphatic heterocycles. The Hall–Kier alpha value is -4.55. The monoisotopic (exact) mass is 775 g/mol. The van der Waals surface area contributed by atoms with Crippen LogP contribution in [0.1, 0.15) is 88.5 Å². The van der Waals surface area contributed by atoms with Gasteiger partial charge in [-0.2, -0.15) is 10.2 Å². The van der Waals surface area contributed by atoms with Crippen molar-refractivity contribution in [3.8, 4) is 17.0 Å². The van der Waals surface area contributed by atoms with Crippen LogP contribution in [0.4, 0.5) is 11.4 Å². The van der Waals surface area contributed by atoms with Gasteiger partial charge in [0.15, 0.2) is 5.60 Å². The smallest absolute Gasteiger partial charge is 0.255 e. The molecule has 9 rings (SSSR count). The molecule has 6 aliphatic rings. The first-order chi connectivity index (χ1) is 27.7. The van der Waals surface area contributed by atoms with E-state index in [-0.39, 0.29) is 40.9 Å². The fourth-order valence-electron chi connectivity index (χ4n) is 10.6. The number of imide groups is 1. The SMILES string of the molecule is O=C1CC[C@H](c2ccc(N3CCC(CCN4CC5(C4)CN(C(=O)C4(OC6CCCCC6)CCN(c6cnnc(-c7ccccc7O)c6)CC4)C5)CC3)cc2)C(=O)N1. The van der Waals surface area contributed by atoms with Gasteiger partial charge in [0.2, 0.25) is 11.8 Å². The van der Waals surface area contributed by atoms with Crippen molar-refractivity contribution in [3.05, 3.63) is 66.4 Å². The second kappa shape index (κ2) is 16.0. The molecule has 2 N–H and O–H groups in total. The van der Waals surface area contributed by atoms with Crippen LogP contribution in [0.15, 0.2) is 60.8 Å². The molecule has 302 valence electrons. The van der Waals surface area contributed by atoms with Crippen LogP contribution >= 0.6 is 0 Å². The quantitative estimate of drug-likeness (QED) is 0.255. The van der Waals surface area contributed by atoms with Crippen molar-refractivity contribution in [2.24, 2.45) is 11.3 Å². The second-order valence-electron chi connectivity index (χ2n) is 17.9. The van der Waals surface area contributed by atoms with Gasteiger partial charge in [-0.05, 0) is 86.9 Å². The van der Waals surface area contributed by atoms with E-state index in [1.165, 1.54) is 44.2 Å². The van der Waals surface area contributed by atoms with Crippen LogP contribution < -0.4 is 15.1 Å². The van der Waals surface area contributed by atoms with Gasteiger partial charge >= 0.3 is 0 Å². The number of hydrogen-bond acceptors (Lipinski definition) is 10. The zero-order chi connectivity index (χ0) is 39.0. The number of benzene rings is 2. The Labute approximate surface area is 335 Å². The molecule has 1 aliphatic carbocycles. The van der Waals surface area contributed by atoms with Crippen LogP contribution in [-0.2, 0) is 19.1 Å². The van der Waals surface area contributed by atoms with E-state index in [9.17, 15) is 19.5 Å². The second-order valence-corrected chi connectivity index (χ2v) is 17.9. The first-order valence-electron chi connectivity index (χ1n) is 21.5. The first kappa shape index (κ1) is 38.0. The van der Waals surface area contributed by atoms with Crippen LogP contribution in [-0.4, -0.2) is 113 Å². The molecule has 0 unspecified atom stereocenters. The Morgan fingerprint density at radius 2 is 1.56 bits per heavy atom. The third-order valence-corrected chi connectivity index (χ3v) is 13.9. The number of likely N-dealkylation sites (tertiary alicyclic amines) is 2. The number of anilines is 2. The molecular formula is C45H57N7O5. The number of aromatic nitrogens is 2. The van der Waals surface area contributed by atoms with Crippen molar-refractivity contribution in [2.45, 2.75) is 94.7 Å². The molecule has 5 saturated heterocycles. The number of phenols is 1. The Kier molecular flexibility index (Phi) is 10.7. The third kappa shape index (κ3) is 7.99. The lowest BCUT2D eigenvalue weighted by Crippen LogP contribution is -2.75. The third-order valence-electron chi connectivity index (χ3n) is 13.9. The number of nitrogens with one attached hydrogen (secondary N) is 1. The molecule has 3 amide bonds. The normalized spacial score (nSPS) is 24.2. The van der Waals surface area contributed by atoms with Gasteiger partial charge in [-0.3, -0.25) is 19.7 Å². The zero-order valence-electron chi connectivity index (χ0n) is 33.1. The lowest BCUT2D eigenvalue weighted by molar-refractivity contribution is -0.194. The largest absolute Gasteiger partial charge is 0.507 e. The first-order valence-corrected chi connectivity index (χ1v) is 21.5. The summed E-state index contributed by atoms with van der Waals surface area (Å²) in [5.41, 5.74) is 3.88. The van der Waals surface area contributed by atoms with Crippen LogP contribution in [0.5, 0.6) is 5.75 Å². The highest BCUT2D eigenvalue weighted by atomic mass is 16.5. The summed E-state index contributed by atoms with van der Waals surface area (Å²) in [5.74, 6) is 0.503. The molecule has 2 aromatic carbocycles. The Morgan fingerprint density at radius 1 is 0.842 bits per heavy atom. The molecule has 1 saturated carbocycles. The van der Waals surface area contributed by atoms with Gasteiger partial charge in [-0.15, -0.1) is 0 Å². The van der Waals surface area contributed by atoms with Gasteiger partial charge in [0, 0.05) is 88.3 Å². The standard InChI is InChI=1S/C45H57N7O5/c53-40-9-5-4-8-38(40)39-26-35(27-46-48-39)51-24-19-45(20-25-51,57-36-6-2-1-3-7-36)43(56)52-30-44(31-52)28-49(29-44)21-16-32-17-22-50(23-18-32)34-12-10-33(11-13-34)37-14-15-41(54)47-42(37)55/h4-5,8-13,26-27,32,36-37,53H,1-3,6-7,14-25,28-31H2,(H,47,54,55)/t37-/m1/s1. The molecule has 12 heteroatoms. The van der Waals surface area contributed by atoms with Gasteiger partial charge in [-0.25, -0.2) is 0 Å². The molecule has 57 heavy (non-hydrogen) atoms. The minimum absolute atomic E-state index is 0.149. The number of piperidine rings is 3. The van der Waals surface area contributed by atoms with E-state index in [2.05, 4.69) is 59.4 Å². The van der Waals surface area contributed by atoms with E-state index in [0.29, 0.717) is 50.0 Å². The van der Waals surface area contributed by atoms with Crippen LogP contribution in [0.2, 0.25) is 0 Å². The van der Waals surface area contributed by atoms with Crippen LogP contribution in [0.3, 0.4) is 0 Å². The van der Waals surface area contributed by atoms with Gasteiger partial charge in [0.05, 0.1) is 29.6 Å². The van der Waals surface area contributed by atoms with Crippen LogP contribution in [0, 0.1) is 11.3 Å². The Bertz CT molecular complexity index is 1920. The summed E-state index contributed by atoms with van der Waals surface area (Å²) in [6.45, 7) is 8.44. The fraction of sp³-hybridized carbons (Fsp3) is 0.578. The summed E-state index contributed by atoms with van der Waals surface area (Å²) in [5, 5.41) is 21.5. The maximum Gasteiger partial charge on any atom is 0.255 e. The van der Waals surface area contributed by atoms with E-state index in [1.54, 1.807) is 18.3 Å². The molecule has 12 nitrogen and oxygen atoms in total. The van der Waals surface area contributed by atoms with E-state index in [1.807, 2.05) is 18.2 Å². The maximum atomic E-state index is 14.5. The molecule has 6 heterocycles. The minimum atomic E-state index is -0.783. The Morgan fingerprint density at radius 3 is 2.28 bits per heavy atom. The van der Waals surface area contributed by atoms with Crippen molar-refractivity contribution < 1.29 is 24.2 Å². The summed E-state index contributed by atoms with van der Waals surface area (Å²) < 4.78 is 6.93. The number of nitrogens with zero attached hydrogens (tertiary/aromatic N) is 6. The van der Waals surface area contributed by atoms with Gasteiger partial charge in [0.25, 0.3) is 5.91 Å². The predicted octanol–water partition coefficient (Wildman–Crippen LogP) is 5.51. The molecule has 0 radical (unpaired) electrons. The summed E-state index contributed by atoms with van der Waals surface area (Å²) in [6, 6.07) is 17.6. The van der Waals surface area contributed by atoms with Crippen molar-refractivity contribution in [1.29, 1.82) is 0 Å². The number of aromatic hydroxyl groups is 1. The number of amides is 3. The molecule has 6 fully saturated rings. The molecule has 0 bridgehead atoms. The molecule has 3 aromatic rings. The molecule has 1 aromatic heterocycles. The highest BCUT2D eigenvalue weighted by molar-refractivity contribution is 6.01. The van der Waals surface area contributed by atoms with Gasteiger partial charge < -0.3 is 29.4 Å². The molecule has 1 spiro atoms. The lowest BCUT2D eigenvalue weighted by atomic mass is 9.71. The molecular weight excluding hydrogens is 719 g/mol. The Balaban J connectivity index is 0.742. The number of ether oxygens (including phenoxy) is 1. The highest BCUT2D eigenvalue weighted by Crippen LogP contribution is 2.44. The van der Waals surface area contributed by atoms with Crippen molar-refractivity contribution in [2.75, 3.05) is 68.7 Å². The van der Waals surface area contributed by atoms with Crippen molar-refractivity contribution in [3.63, 3.8) is 0 Å². The lowest BCUT2D eigenvalue weighted by Gasteiger charge is -2.62. The number of carbonyl (C=O) groups is 3. The average molecular weight is 776 g/mol. The van der Waals surface area contributed by atoms with Gasteiger partial charge in [-0.1, -0.05) is 43.5 Å². The number of phenolic OH excluding ortho intramolecular Hbond substituents is 1. The summed E-state index contributed by atoms with van der Waals surface area (Å²) in [7, 11) is 0. The van der Waals surface area contributed by atoms with E-state index < -0.39 is 5.60 Å².